The van der Waals surface area contributed by atoms with Crippen LogP contribution in [0.3, 0.4) is 0 Å². The largest absolute Gasteiger partial charge is 0.416 e. The summed E-state index contributed by atoms with van der Waals surface area (Å²) in [6.45, 7) is 6.34. The Morgan fingerprint density at radius 3 is 2.28 bits per heavy atom. The Bertz CT molecular complexity index is 1240. The summed E-state index contributed by atoms with van der Waals surface area (Å²) in [4.78, 5) is 0. The van der Waals surface area contributed by atoms with Crippen molar-refractivity contribution in [1.82, 2.24) is 9.78 Å². The lowest BCUT2D eigenvalue weighted by Crippen LogP contribution is -2.13. The molecule has 2 nitrogen and oxygen atoms in total. The first-order valence-corrected chi connectivity index (χ1v) is 10.9. The Morgan fingerprint density at radius 1 is 0.969 bits per heavy atom. The van der Waals surface area contributed by atoms with Gasteiger partial charge in [-0.25, -0.2) is 0 Å². The van der Waals surface area contributed by atoms with E-state index in [1.54, 1.807) is 0 Å². The second-order valence-corrected chi connectivity index (χ2v) is 8.94. The van der Waals surface area contributed by atoms with E-state index >= 15 is 0 Å². The van der Waals surface area contributed by atoms with Gasteiger partial charge in [0, 0.05) is 22.2 Å². The molecule has 0 saturated heterocycles. The van der Waals surface area contributed by atoms with Crippen molar-refractivity contribution in [2.45, 2.75) is 39.4 Å². The number of rotatable bonds is 5. The lowest BCUT2D eigenvalue weighted by atomic mass is 9.96. The third-order valence-corrected chi connectivity index (χ3v) is 6.07. The molecule has 32 heavy (non-hydrogen) atoms. The molecule has 0 radical (unpaired) electrons. The van der Waals surface area contributed by atoms with Crippen LogP contribution in [0.1, 0.15) is 43.0 Å². The number of hydrogen-bond acceptors (Lipinski definition) is 1. The van der Waals surface area contributed by atoms with Crippen molar-refractivity contribution in [3.05, 3.63) is 88.6 Å². The van der Waals surface area contributed by atoms with Crippen LogP contribution >= 0.6 is 11.6 Å². The molecule has 166 valence electrons. The SMILES string of the molecule is Cc1c(-c2ccc(C(F)(F)F)cc2Cl)ccc2nn(C(CC(C)C)c3ccccc3)cc12. The maximum atomic E-state index is 13.0. The van der Waals surface area contributed by atoms with Gasteiger partial charge in [0.2, 0.25) is 0 Å². The average Bonchev–Trinajstić information content (AvgIpc) is 3.17. The predicted molar refractivity (Wildman–Crippen MR) is 124 cm³/mol. The van der Waals surface area contributed by atoms with Crippen LogP contribution in [0.5, 0.6) is 0 Å². The molecular formula is C26H24ClF3N2. The molecule has 6 heteroatoms. The Hall–Kier alpha value is -2.79. The summed E-state index contributed by atoms with van der Waals surface area (Å²) in [6.07, 6.45) is -1.45. The van der Waals surface area contributed by atoms with Crippen LogP contribution in [0.25, 0.3) is 22.0 Å². The van der Waals surface area contributed by atoms with Crippen LogP contribution in [-0.4, -0.2) is 9.78 Å². The van der Waals surface area contributed by atoms with Crippen LogP contribution < -0.4 is 0 Å². The Labute approximate surface area is 190 Å². The van der Waals surface area contributed by atoms with E-state index in [2.05, 4.69) is 26.0 Å². The van der Waals surface area contributed by atoms with Gasteiger partial charge in [-0.05, 0) is 54.2 Å². The number of aryl methyl sites for hydroxylation is 1. The van der Waals surface area contributed by atoms with Crippen LogP contribution in [-0.2, 0) is 6.18 Å². The minimum Gasteiger partial charge on any atom is -0.264 e. The van der Waals surface area contributed by atoms with Crippen molar-refractivity contribution in [3.8, 4) is 11.1 Å². The van der Waals surface area contributed by atoms with Crippen molar-refractivity contribution in [1.29, 1.82) is 0 Å². The highest BCUT2D eigenvalue weighted by Crippen LogP contribution is 2.38. The molecule has 3 aromatic carbocycles. The topological polar surface area (TPSA) is 17.8 Å². The fourth-order valence-corrected chi connectivity index (χ4v) is 4.41. The van der Waals surface area contributed by atoms with Crippen LogP contribution in [0, 0.1) is 12.8 Å². The normalized spacial score (nSPS) is 13.1. The molecule has 0 saturated carbocycles. The highest BCUT2D eigenvalue weighted by molar-refractivity contribution is 6.33. The molecule has 1 unspecified atom stereocenters. The number of nitrogens with zero attached hydrogens (tertiary/aromatic N) is 2. The molecule has 0 spiro atoms. The summed E-state index contributed by atoms with van der Waals surface area (Å²) in [6, 6.07) is 17.7. The smallest absolute Gasteiger partial charge is 0.264 e. The summed E-state index contributed by atoms with van der Waals surface area (Å²) in [5.74, 6) is 0.482. The highest BCUT2D eigenvalue weighted by Gasteiger charge is 2.31. The molecule has 1 aromatic heterocycles. The van der Waals surface area contributed by atoms with Crippen molar-refractivity contribution < 1.29 is 13.2 Å². The Morgan fingerprint density at radius 2 is 1.66 bits per heavy atom. The molecule has 0 bridgehead atoms. The van der Waals surface area contributed by atoms with Gasteiger partial charge >= 0.3 is 6.18 Å². The van der Waals surface area contributed by atoms with Gasteiger partial charge < -0.3 is 0 Å². The molecule has 0 fully saturated rings. The predicted octanol–water partition coefficient (Wildman–Crippen LogP) is 8.32. The van der Waals surface area contributed by atoms with Gasteiger partial charge in [-0.2, -0.15) is 18.3 Å². The molecule has 0 aliphatic rings. The molecule has 1 heterocycles. The zero-order valence-corrected chi connectivity index (χ0v) is 18.9. The van der Waals surface area contributed by atoms with E-state index in [0.29, 0.717) is 11.5 Å². The number of aromatic nitrogens is 2. The van der Waals surface area contributed by atoms with Crippen LogP contribution in [0.2, 0.25) is 5.02 Å². The summed E-state index contributed by atoms with van der Waals surface area (Å²) < 4.78 is 41.1. The third-order valence-electron chi connectivity index (χ3n) is 5.76. The first-order valence-electron chi connectivity index (χ1n) is 10.6. The third kappa shape index (κ3) is 4.40. The van der Waals surface area contributed by atoms with E-state index < -0.39 is 11.7 Å². The van der Waals surface area contributed by atoms with Crippen molar-refractivity contribution >= 4 is 22.5 Å². The molecule has 0 N–H and O–H groups in total. The first kappa shape index (κ1) is 22.4. The standard InChI is InChI=1S/C26H24ClF3N2/c1-16(2)13-25(18-7-5-4-6-8-18)32-15-22-17(3)20(11-12-24(22)31-32)21-10-9-19(14-23(21)27)26(28,29)30/h4-12,14-16,25H,13H2,1-3H3. The Kier molecular flexibility index (Phi) is 6.04. The maximum absolute atomic E-state index is 13.0. The first-order chi connectivity index (χ1) is 15.1. The highest BCUT2D eigenvalue weighted by atomic mass is 35.5. The van der Waals surface area contributed by atoms with Gasteiger partial charge in [0.1, 0.15) is 0 Å². The van der Waals surface area contributed by atoms with E-state index in [1.165, 1.54) is 11.6 Å². The van der Waals surface area contributed by atoms with Crippen molar-refractivity contribution in [3.63, 3.8) is 0 Å². The van der Waals surface area contributed by atoms with E-state index in [0.717, 1.165) is 40.6 Å². The second kappa shape index (κ2) is 8.62. The number of benzene rings is 3. The molecule has 1 atom stereocenters. The molecule has 4 rings (SSSR count). The summed E-state index contributed by atoms with van der Waals surface area (Å²) in [5.41, 5.74) is 3.60. The van der Waals surface area contributed by atoms with Gasteiger partial charge in [0.25, 0.3) is 0 Å². The van der Waals surface area contributed by atoms with E-state index in [4.69, 9.17) is 16.7 Å². The van der Waals surface area contributed by atoms with Crippen LogP contribution in [0.15, 0.2) is 66.9 Å². The lowest BCUT2D eigenvalue weighted by molar-refractivity contribution is -0.137. The fraction of sp³-hybridized carbons (Fsp3) is 0.269. The van der Waals surface area contributed by atoms with Crippen molar-refractivity contribution in [2.75, 3.05) is 0 Å². The van der Waals surface area contributed by atoms with Gasteiger partial charge in [-0.1, -0.05) is 67.9 Å². The number of halogens is 4. The fourth-order valence-electron chi connectivity index (χ4n) is 4.13. The maximum Gasteiger partial charge on any atom is 0.416 e. The monoisotopic (exact) mass is 456 g/mol. The van der Waals surface area contributed by atoms with Gasteiger partial charge in [0.05, 0.1) is 17.1 Å². The zero-order chi connectivity index (χ0) is 23.0. The van der Waals surface area contributed by atoms with E-state index in [1.807, 2.05) is 48.1 Å². The molecule has 0 aliphatic carbocycles. The van der Waals surface area contributed by atoms with Gasteiger partial charge in [-0.3, -0.25) is 4.68 Å². The quantitative estimate of drug-likeness (QED) is 0.295. The Balaban J connectivity index is 1.79. The minimum absolute atomic E-state index is 0.0802. The summed E-state index contributed by atoms with van der Waals surface area (Å²) in [5, 5.41) is 5.88. The molecule has 4 aromatic rings. The van der Waals surface area contributed by atoms with E-state index in [-0.39, 0.29) is 11.1 Å². The van der Waals surface area contributed by atoms with E-state index in [9.17, 15) is 13.2 Å². The van der Waals surface area contributed by atoms with Crippen LogP contribution in [0.4, 0.5) is 13.2 Å². The molecular weight excluding hydrogens is 433 g/mol. The van der Waals surface area contributed by atoms with Crippen molar-refractivity contribution in [2.24, 2.45) is 5.92 Å². The molecule has 0 aliphatic heterocycles. The minimum atomic E-state index is -4.43. The zero-order valence-electron chi connectivity index (χ0n) is 18.1. The van der Waals surface area contributed by atoms with Gasteiger partial charge in [-0.15, -0.1) is 0 Å². The molecule has 0 amide bonds. The average molecular weight is 457 g/mol. The number of fused-ring (bicyclic) bond motifs is 1. The number of hydrogen-bond donors (Lipinski definition) is 0. The summed E-state index contributed by atoms with van der Waals surface area (Å²) >= 11 is 6.27. The second-order valence-electron chi connectivity index (χ2n) is 8.53. The lowest BCUT2D eigenvalue weighted by Gasteiger charge is -2.20. The number of alkyl halides is 3. The van der Waals surface area contributed by atoms with Gasteiger partial charge in [0.15, 0.2) is 0 Å². The summed E-state index contributed by atoms with van der Waals surface area (Å²) in [7, 11) is 0.